The van der Waals surface area contributed by atoms with Gasteiger partial charge in [0.05, 0.1) is 13.7 Å². The molecule has 0 unspecified atom stereocenters. The second-order valence-corrected chi connectivity index (χ2v) is 9.15. The fourth-order valence-corrected chi connectivity index (χ4v) is 4.49. The van der Waals surface area contributed by atoms with Gasteiger partial charge in [0, 0.05) is 45.3 Å². The first-order valence-corrected chi connectivity index (χ1v) is 11.8. The number of aryl methyl sites for hydroxylation is 1. The van der Waals surface area contributed by atoms with Crippen molar-refractivity contribution in [1.82, 2.24) is 14.7 Å². The second-order valence-electron chi connectivity index (χ2n) is 9.15. The van der Waals surface area contributed by atoms with Gasteiger partial charge >= 0.3 is 6.61 Å². The quantitative estimate of drug-likeness (QED) is 0.524. The lowest BCUT2D eigenvalue weighted by atomic mass is 10.1. The Morgan fingerprint density at radius 3 is 2.47 bits per heavy atom. The standard InChI is InChI=1S/C26H33F2N3O3/c1-19-4-3-5-20(14-19)16-29-10-12-30(13-11-29)25(32)18-31(22-7-8-22)17-21-6-9-23(34-26(27)28)24(15-21)33-2/h3-6,9,14-15,22,26H,7-8,10-13,16-18H2,1-2H3. The molecule has 2 fully saturated rings. The van der Waals surface area contributed by atoms with Crippen LogP contribution in [0.3, 0.4) is 0 Å². The van der Waals surface area contributed by atoms with Gasteiger partial charge in [-0.1, -0.05) is 35.9 Å². The summed E-state index contributed by atoms with van der Waals surface area (Å²) < 4.78 is 34.9. The van der Waals surface area contributed by atoms with Crippen LogP contribution in [0.5, 0.6) is 11.5 Å². The molecule has 1 heterocycles. The number of rotatable bonds is 10. The van der Waals surface area contributed by atoms with E-state index in [1.54, 1.807) is 12.1 Å². The number of hydrogen-bond acceptors (Lipinski definition) is 5. The molecule has 2 aromatic carbocycles. The van der Waals surface area contributed by atoms with Gasteiger partial charge in [0.2, 0.25) is 5.91 Å². The largest absolute Gasteiger partial charge is 0.493 e. The zero-order chi connectivity index (χ0) is 24.1. The van der Waals surface area contributed by atoms with Crippen molar-refractivity contribution in [3.05, 3.63) is 59.2 Å². The summed E-state index contributed by atoms with van der Waals surface area (Å²) in [5, 5.41) is 0. The minimum atomic E-state index is -2.90. The summed E-state index contributed by atoms with van der Waals surface area (Å²) in [6, 6.07) is 13.9. The third-order valence-electron chi connectivity index (χ3n) is 6.45. The van der Waals surface area contributed by atoms with E-state index in [0.29, 0.717) is 19.1 Å². The van der Waals surface area contributed by atoms with Gasteiger partial charge < -0.3 is 14.4 Å². The van der Waals surface area contributed by atoms with Crippen molar-refractivity contribution in [3.8, 4) is 11.5 Å². The van der Waals surface area contributed by atoms with Crippen molar-refractivity contribution < 1.29 is 23.0 Å². The number of piperazine rings is 1. The molecule has 184 valence electrons. The third kappa shape index (κ3) is 6.67. The number of carbonyl (C=O) groups is 1. The van der Waals surface area contributed by atoms with E-state index >= 15 is 0 Å². The number of halogens is 2. The van der Waals surface area contributed by atoms with Crippen LogP contribution in [0.2, 0.25) is 0 Å². The van der Waals surface area contributed by atoms with E-state index in [1.807, 2.05) is 4.90 Å². The molecule has 0 aromatic heterocycles. The number of benzene rings is 2. The van der Waals surface area contributed by atoms with Gasteiger partial charge in [-0.05, 0) is 43.0 Å². The van der Waals surface area contributed by atoms with Crippen molar-refractivity contribution in [2.24, 2.45) is 0 Å². The number of ether oxygens (including phenoxy) is 2. The predicted molar refractivity (Wildman–Crippen MR) is 126 cm³/mol. The molecule has 2 aliphatic rings. The molecule has 0 bridgehead atoms. The predicted octanol–water partition coefficient (Wildman–Crippen LogP) is 3.91. The van der Waals surface area contributed by atoms with Gasteiger partial charge in [-0.25, -0.2) is 0 Å². The number of amides is 1. The highest BCUT2D eigenvalue weighted by Crippen LogP contribution is 2.32. The molecule has 4 rings (SSSR count). The maximum absolute atomic E-state index is 13.1. The van der Waals surface area contributed by atoms with Gasteiger partial charge in [0.15, 0.2) is 11.5 Å². The average Bonchev–Trinajstić information content (AvgIpc) is 3.65. The zero-order valence-corrected chi connectivity index (χ0v) is 19.9. The topological polar surface area (TPSA) is 45.2 Å². The highest BCUT2D eigenvalue weighted by Gasteiger charge is 2.32. The molecule has 2 aromatic rings. The highest BCUT2D eigenvalue weighted by molar-refractivity contribution is 5.78. The van der Waals surface area contributed by atoms with Crippen molar-refractivity contribution in [3.63, 3.8) is 0 Å². The summed E-state index contributed by atoms with van der Waals surface area (Å²) in [6.45, 7) is 4.23. The lowest BCUT2D eigenvalue weighted by Gasteiger charge is -2.36. The van der Waals surface area contributed by atoms with Crippen molar-refractivity contribution in [2.45, 2.75) is 45.5 Å². The molecule has 6 nitrogen and oxygen atoms in total. The summed E-state index contributed by atoms with van der Waals surface area (Å²) in [6.07, 6.45) is 2.14. The molecule has 1 aliphatic heterocycles. The molecule has 8 heteroatoms. The Bertz CT molecular complexity index is 976. The maximum Gasteiger partial charge on any atom is 0.387 e. The van der Waals surface area contributed by atoms with Crippen LogP contribution < -0.4 is 9.47 Å². The molecule has 34 heavy (non-hydrogen) atoms. The molecule has 0 N–H and O–H groups in total. The molecule has 0 atom stereocenters. The Morgan fingerprint density at radius 1 is 1.06 bits per heavy atom. The van der Waals surface area contributed by atoms with Crippen LogP contribution in [-0.4, -0.2) is 73.1 Å². The SMILES string of the molecule is COc1cc(CN(CC(=O)N2CCN(Cc3cccc(C)c3)CC2)C2CC2)ccc1OC(F)F. The van der Waals surface area contributed by atoms with Crippen LogP contribution in [0.15, 0.2) is 42.5 Å². The average molecular weight is 474 g/mol. The van der Waals surface area contributed by atoms with Crippen molar-refractivity contribution in [1.29, 1.82) is 0 Å². The van der Waals surface area contributed by atoms with Crippen LogP contribution in [-0.2, 0) is 17.9 Å². The lowest BCUT2D eigenvalue weighted by molar-refractivity contribution is -0.134. The van der Waals surface area contributed by atoms with Crippen molar-refractivity contribution >= 4 is 5.91 Å². The molecular weight excluding hydrogens is 440 g/mol. The van der Waals surface area contributed by atoms with Gasteiger partial charge in [-0.2, -0.15) is 8.78 Å². The van der Waals surface area contributed by atoms with Crippen LogP contribution in [0.25, 0.3) is 0 Å². The van der Waals surface area contributed by atoms with E-state index in [1.165, 1.54) is 24.3 Å². The Morgan fingerprint density at radius 2 is 1.82 bits per heavy atom. The molecular formula is C26H33F2N3O3. The first-order valence-electron chi connectivity index (χ1n) is 11.8. The Kier molecular flexibility index (Phi) is 8.00. The molecule has 1 saturated heterocycles. The van der Waals surface area contributed by atoms with Gasteiger partial charge in [0.1, 0.15) is 0 Å². The summed E-state index contributed by atoms with van der Waals surface area (Å²) >= 11 is 0. The fourth-order valence-electron chi connectivity index (χ4n) is 4.49. The molecule has 0 spiro atoms. The summed E-state index contributed by atoms with van der Waals surface area (Å²) in [4.78, 5) is 19.6. The number of nitrogens with zero attached hydrogens (tertiary/aromatic N) is 3. The van der Waals surface area contributed by atoms with E-state index in [9.17, 15) is 13.6 Å². The molecule has 1 aliphatic carbocycles. The Hall–Kier alpha value is -2.71. The smallest absolute Gasteiger partial charge is 0.387 e. The summed E-state index contributed by atoms with van der Waals surface area (Å²) in [7, 11) is 1.43. The third-order valence-corrected chi connectivity index (χ3v) is 6.45. The Balaban J connectivity index is 1.31. The highest BCUT2D eigenvalue weighted by atomic mass is 19.3. The fraction of sp³-hybridized carbons (Fsp3) is 0.500. The van der Waals surface area contributed by atoms with Crippen LogP contribution in [0.4, 0.5) is 8.78 Å². The minimum absolute atomic E-state index is 0.0128. The van der Waals surface area contributed by atoms with E-state index in [0.717, 1.165) is 51.1 Å². The number of methoxy groups -OCH3 is 1. The monoisotopic (exact) mass is 473 g/mol. The van der Waals surface area contributed by atoms with Crippen molar-refractivity contribution in [2.75, 3.05) is 39.8 Å². The number of hydrogen-bond donors (Lipinski definition) is 0. The van der Waals surface area contributed by atoms with Gasteiger partial charge in [0.25, 0.3) is 0 Å². The first kappa shape index (κ1) is 24.4. The molecule has 0 radical (unpaired) electrons. The summed E-state index contributed by atoms with van der Waals surface area (Å²) in [5.41, 5.74) is 3.47. The van der Waals surface area contributed by atoms with E-state index in [-0.39, 0.29) is 17.4 Å². The Labute approximate surface area is 200 Å². The van der Waals surface area contributed by atoms with Crippen LogP contribution in [0, 0.1) is 6.92 Å². The second kappa shape index (κ2) is 11.1. The van der Waals surface area contributed by atoms with Gasteiger partial charge in [-0.3, -0.25) is 14.6 Å². The maximum atomic E-state index is 13.1. The number of alkyl halides is 2. The van der Waals surface area contributed by atoms with E-state index in [4.69, 9.17) is 4.74 Å². The van der Waals surface area contributed by atoms with Gasteiger partial charge in [-0.15, -0.1) is 0 Å². The molecule has 1 saturated carbocycles. The first-order chi connectivity index (χ1) is 16.4. The lowest BCUT2D eigenvalue weighted by Crippen LogP contribution is -2.51. The minimum Gasteiger partial charge on any atom is -0.493 e. The van der Waals surface area contributed by atoms with E-state index < -0.39 is 6.61 Å². The number of carbonyl (C=O) groups excluding carboxylic acids is 1. The molecule has 1 amide bonds. The van der Waals surface area contributed by atoms with Crippen LogP contribution in [0.1, 0.15) is 29.5 Å². The summed E-state index contributed by atoms with van der Waals surface area (Å²) in [5.74, 6) is 0.426. The zero-order valence-electron chi connectivity index (χ0n) is 19.9. The van der Waals surface area contributed by atoms with Crippen LogP contribution >= 0.6 is 0 Å². The normalized spacial score (nSPS) is 16.8. The van der Waals surface area contributed by atoms with E-state index in [2.05, 4.69) is 45.7 Å².